The van der Waals surface area contributed by atoms with Crippen LogP contribution in [0.25, 0.3) is 0 Å². The van der Waals surface area contributed by atoms with Crippen LogP contribution in [0.5, 0.6) is 0 Å². The maximum atomic E-state index is 13.2. The quantitative estimate of drug-likeness (QED) is 0.141. The third kappa shape index (κ3) is 11.9. The van der Waals surface area contributed by atoms with E-state index in [1.807, 2.05) is 102 Å². The summed E-state index contributed by atoms with van der Waals surface area (Å²) in [5, 5.41) is 19.1. The minimum absolute atomic E-state index is 0.416. The van der Waals surface area contributed by atoms with E-state index in [-0.39, 0.29) is 0 Å². The zero-order valence-corrected chi connectivity index (χ0v) is 31.1. The molecule has 10 nitrogen and oxygen atoms in total. The molecule has 0 aromatic heterocycles. The highest BCUT2D eigenvalue weighted by molar-refractivity contribution is 5.82. The SMILES string of the molecule is CN(C(C(=O)O)c1ccccc1)C(C(=O)O)c1ccccc1.CN(C(C(=O)OC(C)(C)C)c1ccccc1)C(C(=O)OC(C)(C)C)c1ccccc1. The van der Waals surface area contributed by atoms with Crippen LogP contribution in [-0.4, -0.2) is 69.2 Å². The van der Waals surface area contributed by atoms with Crippen LogP contribution in [0.2, 0.25) is 0 Å². The second kappa shape index (κ2) is 18.3. The molecule has 0 spiro atoms. The van der Waals surface area contributed by atoms with Crippen LogP contribution >= 0.6 is 0 Å². The summed E-state index contributed by atoms with van der Waals surface area (Å²) in [4.78, 5) is 52.9. The van der Waals surface area contributed by atoms with Gasteiger partial charge in [-0.25, -0.2) is 9.59 Å². The van der Waals surface area contributed by atoms with Gasteiger partial charge in [0, 0.05) is 0 Å². The molecular weight excluding hydrogens is 660 g/mol. The van der Waals surface area contributed by atoms with Crippen LogP contribution in [-0.2, 0) is 28.7 Å². The number of ether oxygens (including phenoxy) is 2. The first-order chi connectivity index (χ1) is 24.4. The van der Waals surface area contributed by atoms with Gasteiger partial charge in [0.05, 0.1) is 0 Å². The van der Waals surface area contributed by atoms with Crippen molar-refractivity contribution >= 4 is 23.9 Å². The van der Waals surface area contributed by atoms with Gasteiger partial charge in [0.2, 0.25) is 0 Å². The molecule has 0 aliphatic rings. The van der Waals surface area contributed by atoms with Gasteiger partial charge >= 0.3 is 23.9 Å². The van der Waals surface area contributed by atoms with Crippen LogP contribution in [0.4, 0.5) is 0 Å². The number of nitrogens with zero attached hydrogens (tertiary/aromatic N) is 2. The van der Waals surface area contributed by atoms with Gasteiger partial charge in [0.25, 0.3) is 0 Å². The summed E-state index contributed by atoms with van der Waals surface area (Å²) in [5.74, 6) is -3.01. The maximum Gasteiger partial charge on any atom is 0.328 e. The Morgan fingerprint density at radius 2 is 0.654 bits per heavy atom. The minimum Gasteiger partial charge on any atom is -0.480 e. The zero-order valence-electron chi connectivity index (χ0n) is 31.1. The molecular formula is C42H50N2O8. The number of rotatable bonds is 12. The lowest BCUT2D eigenvalue weighted by molar-refractivity contribution is -0.169. The number of carbonyl (C=O) groups is 4. The molecule has 52 heavy (non-hydrogen) atoms. The standard InChI is InChI=1S/C25H33NO4.C17H17NO4/c1-24(2,3)29-22(27)20(18-14-10-8-11-15-18)26(7)21(19-16-12-9-13-17-19)23(28)30-25(4,5)6;1-18(14(16(19)20)12-8-4-2-5-9-12)15(17(21)22)13-10-6-3-7-11-13/h8-17,20-21H,1-7H3;2-11,14-15H,1H3,(H,19,20)(H,21,22). The van der Waals surface area contributed by atoms with Crippen molar-refractivity contribution in [3.8, 4) is 0 Å². The van der Waals surface area contributed by atoms with Gasteiger partial charge in [-0.2, -0.15) is 0 Å². The average molecular weight is 711 g/mol. The molecule has 276 valence electrons. The summed E-state index contributed by atoms with van der Waals surface area (Å²) >= 11 is 0. The molecule has 0 saturated carbocycles. The van der Waals surface area contributed by atoms with Gasteiger partial charge in [0.1, 0.15) is 35.4 Å². The van der Waals surface area contributed by atoms with Crippen LogP contribution < -0.4 is 0 Å². The van der Waals surface area contributed by atoms with E-state index in [0.29, 0.717) is 11.1 Å². The molecule has 0 radical (unpaired) electrons. The van der Waals surface area contributed by atoms with Crippen LogP contribution in [0.1, 0.15) is 88.0 Å². The Kier molecular flexibility index (Phi) is 14.4. The number of esters is 2. The van der Waals surface area contributed by atoms with Gasteiger partial charge in [-0.3, -0.25) is 19.4 Å². The van der Waals surface area contributed by atoms with E-state index in [9.17, 15) is 29.4 Å². The first kappa shape index (κ1) is 41.1. The first-order valence-electron chi connectivity index (χ1n) is 17.0. The van der Waals surface area contributed by atoms with Crippen LogP contribution in [0, 0.1) is 0 Å². The van der Waals surface area contributed by atoms with Crippen molar-refractivity contribution in [3.63, 3.8) is 0 Å². The van der Waals surface area contributed by atoms with Crippen molar-refractivity contribution in [3.05, 3.63) is 144 Å². The van der Waals surface area contributed by atoms with E-state index in [2.05, 4.69) is 0 Å². The maximum absolute atomic E-state index is 13.2. The number of carbonyl (C=O) groups excluding carboxylic acids is 2. The second-order valence-electron chi connectivity index (χ2n) is 14.3. The van der Waals surface area contributed by atoms with Gasteiger partial charge < -0.3 is 19.7 Å². The fourth-order valence-electron chi connectivity index (χ4n) is 5.73. The molecule has 0 bridgehead atoms. The first-order valence-corrected chi connectivity index (χ1v) is 17.0. The van der Waals surface area contributed by atoms with Gasteiger partial charge in [0.15, 0.2) is 0 Å². The van der Waals surface area contributed by atoms with E-state index in [1.165, 1.54) is 11.9 Å². The molecule has 4 rings (SSSR count). The van der Waals surface area contributed by atoms with Crippen LogP contribution in [0.15, 0.2) is 121 Å². The highest BCUT2D eigenvalue weighted by atomic mass is 16.6. The lowest BCUT2D eigenvalue weighted by Gasteiger charge is -2.35. The third-order valence-electron chi connectivity index (χ3n) is 7.82. The van der Waals surface area contributed by atoms with Crippen molar-refractivity contribution in [1.29, 1.82) is 0 Å². The van der Waals surface area contributed by atoms with E-state index >= 15 is 0 Å². The molecule has 0 aliphatic heterocycles. The van der Waals surface area contributed by atoms with Crippen molar-refractivity contribution in [2.75, 3.05) is 14.1 Å². The molecule has 0 heterocycles. The molecule has 0 fully saturated rings. The lowest BCUT2D eigenvalue weighted by atomic mass is 9.99. The Morgan fingerprint density at radius 1 is 0.442 bits per heavy atom. The fourth-order valence-corrected chi connectivity index (χ4v) is 5.73. The monoisotopic (exact) mass is 710 g/mol. The zero-order chi connectivity index (χ0) is 38.6. The number of hydrogen-bond donors (Lipinski definition) is 2. The molecule has 10 heteroatoms. The predicted octanol–water partition coefficient (Wildman–Crippen LogP) is 7.65. The molecule has 0 saturated heterocycles. The van der Waals surface area contributed by atoms with Gasteiger partial charge in [-0.1, -0.05) is 121 Å². The van der Waals surface area contributed by atoms with E-state index in [0.717, 1.165) is 11.1 Å². The van der Waals surface area contributed by atoms with Gasteiger partial charge in [-0.15, -0.1) is 0 Å². The lowest BCUT2D eigenvalue weighted by Crippen LogP contribution is -2.42. The van der Waals surface area contributed by atoms with Crippen molar-refractivity contribution in [1.82, 2.24) is 9.80 Å². The van der Waals surface area contributed by atoms with Crippen molar-refractivity contribution in [2.24, 2.45) is 0 Å². The van der Waals surface area contributed by atoms with Gasteiger partial charge in [-0.05, 0) is 77.9 Å². The summed E-state index contributed by atoms with van der Waals surface area (Å²) in [6, 6.07) is 32.3. The molecule has 2 N–H and O–H groups in total. The highest BCUT2D eigenvalue weighted by Crippen LogP contribution is 2.34. The highest BCUT2D eigenvalue weighted by Gasteiger charge is 2.39. The third-order valence-corrected chi connectivity index (χ3v) is 7.82. The average Bonchev–Trinajstić information content (AvgIpc) is 3.05. The molecule has 4 aromatic rings. The van der Waals surface area contributed by atoms with Crippen molar-refractivity contribution in [2.45, 2.75) is 76.9 Å². The fraction of sp³-hybridized carbons (Fsp3) is 0.333. The normalized spacial score (nSPS) is 13.9. The number of carboxylic acids is 2. The minimum atomic E-state index is -1.09. The Morgan fingerprint density at radius 3 is 0.865 bits per heavy atom. The summed E-state index contributed by atoms with van der Waals surface area (Å²) in [5.41, 5.74) is 1.27. The number of likely N-dealkylation sites (N-methyl/N-ethyl adjacent to an activating group) is 2. The number of hydrogen-bond acceptors (Lipinski definition) is 8. The van der Waals surface area contributed by atoms with E-state index in [4.69, 9.17) is 9.47 Å². The van der Waals surface area contributed by atoms with Crippen molar-refractivity contribution < 1.29 is 38.9 Å². The summed E-state index contributed by atoms with van der Waals surface area (Å²) < 4.78 is 11.4. The topological polar surface area (TPSA) is 134 Å². The Hall–Kier alpha value is -5.32. The Balaban J connectivity index is 0.000000294. The summed E-state index contributed by atoms with van der Waals surface area (Å²) in [7, 11) is 3.26. The summed E-state index contributed by atoms with van der Waals surface area (Å²) in [6.07, 6.45) is 0. The Bertz CT molecular complexity index is 1610. The molecule has 4 unspecified atom stereocenters. The summed E-state index contributed by atoms with van der Waals surface area (Å²) in [6.45, 7) is 11.0. The largest absolute Gasteiger partial charge is 0.480 e. The number of benzene rings is 4. The smallest absolute Gasteiger partial charge is 0.328 e. The molecule has 4 atom stereocenters. The number of aliphatic carboxylic acids is 2. The Labute approximate surface area is 306 Å². The second-order valence-corrected chi connectivity index (χ2v) is 14.3. The molecule has 4 aromatic carbocycles. The number of carboxylic acid groups (broad SMARTS) is 2. The molecule has 0 amide bonds. The molecule has 0 aliphatic carbocycles. The predicted molar refractivity (Wildman–Crippen MR) is 199 cm³/mol. The van der Waals surface area contributed by atoms with E-state index < -0.39 is 59.2 Å². The van der Waals surface area contributed by atoms with Crippen LogP contribution in [0.3, 0.4) is 0 Å². The van der Waals surface area contributed by atoms with E-state index in [1.54, 1.807) is 72.6 Å².